The zero-order chi connectivity index (χ0) is 31.9. The van der Waals surface area contributed by atoms with Crippen molar-refractivity contribution in [3.8, 4) is 0 Å². The molecule has 0 amide bonds. The van der Waals surface area contributed by atoms with Crippen molar-refractivity contribution in [2.45, 2.75) is 118 Å². The van der Waals surface area contributed by atoms with Gasteiger partial charge in [0.1, 0.15) is 12.2 Å². The molecule has 3 unspecified atom stereocenters. The first kappa shape index (κ1) is 32.5. The summed E-state index contributed by atoms with van der Waals surface area (Å²) in [4.78, 5) is 38.6. The fourth-order valence-corrected chi connectivity index (χ4v) is 12.3. The predicted octanol–water partition coefficient (Wildman–Crippen LogP) is 6.17. The second-order valence-corrected chi connectivity index (χ2v) is 16.3. The Morgan fingerprint density at radius 1 is 0.930 bits per heavy atom. The van der Waals surface area contributed by atoms with E-state index in [0.29, 0.717) is 24.7 Å². The highest BCUT2D eigenvalue weighted by Gasteiger charge is 2.71. The van der Waals surface area contributed by atoms with Crippen LogP contribution in [0.2, 0.25) is 0 Å². The number of Topliss-reactive ketones (excluding diaryl/α,β-unsaturated/α-hetero) is 1. The largest absolute Gasteiger partial charge is 0.506 e. The molecule has 8 nitrogen and oxygen atoms in total. The van der Waals surface area contributed by atoms with Crippen LogP contribution in [0.25, 0.3) is 0 Å². The summed E-state index contributed by atoms with van der Waals surface area (Å²) in [6, 6.07) is 0. The number of hydrogen-bond acceptors (Lipinski definition) is 7. The van der Waals surface area contributed by atoms with E-state index in [2.05, 4.69) is 48.5 Å². The third-order valence-corrected chi connectivity index (χ3v) is 14.3. The molecule has 4 fully saturated rings. The lowest BCUT2D eigenvalue weighted by Crippen LogP contribution is -2.66. The number of ketones is 1. The Morgan fingerprint density at radius 2 is 1.60 bits per heavy atom. The van der Waals surface area contributed by atoms with Gasteiger partial charge in [-0.05, 0) is 108 Å². The molecule has 0 aromatic heterocycles. The van der Waals surface area contributed by atoms with Crippen LogP contribution in [-0.2, 0) is 19.1 Å². The smallest absolute Gasteiger partial charge is 0.468 e. The van der Waals surface area contributed by atoms with Crippen molar-refractivity contribution in [3.05, 3.63) is 11.1 Å². The first-order valence-electron chi connectivity index (χ1n) is 16.5. The van der Waals surface area contributed by atoms with Crippen molar-refractivity contribution in [1.82, 2.24) is 0 Å². The number of aliphatic hydroxyl groups is 2. The van der Waals surface area contributed by atoms with Crippen molar-refractivity contribution < 1.29 is 39.2 Å². The zero-order valence-electron chi connectivity index (χ0n) is 27.5. The lowest BCUT2D eigenvalue weighted by molar-refractivity contribution is -0.232. The number of aliphatic hydroxyl groups excluding tert-OH is 2. The molecule has 5 aliphatic carbocycles. The molecule has 5 rings (SSSR count). The van der Waals surface area contributed by atoms with Gasteiger partial charge in [0.25, 0.3) is 0 Å². The number of rotatable bonds is 6. The minimum Gasteiger partial charge on any atom is -0.468 e. The van der Waals surface area contributed by atoms with Crippen molar-refractivity contribution in [3.63, 3.8) is 0 Å². The molecule has 0 aromatic rings. The Labute approximate surface area is 257 Å². The molecule has 0 bridgehead atoms. The van der Waals surface area contributed by atoms with E-state index in [0.717, 1.165) is 49.7 Å². The van der Waals surface area contributed by atoms with E-state index in [1.807, 2.05) is 0 Å². The van der Waals surface area contributed by atoms with E-state index in [-0.39, 0.29) is 57.6 Å². The van der Waals surface area contributed by atoms with E-state index in [4.69, 9.17) is 9.47 Å². The second-order valence-electron chi connectivity index (χ2n) is 16.3. The van der Waals surface area contributed by atoms with Gasteiger partial charge in [0.05, 0.1) is 19.1 Å². The third kappa shape index (κ3) is 4.31. The maximum Gasteiger partial charge on any atom is 0.506 e. The summed E-state index contributed by atoms with van der Waals surface area (Å²) in [6.45, 7) is 15.4. The van der Waals surface area contributed by atoms with E-state index in [1.54, 1.807) is 0 Å². The van der Waals surface area contributed by atoms with Crippen LogP contribution in [0.3, 0.4) is 0 Å². The maximum absolute atomic E-state index is 13.5. The van der Waals surface area contributed by atoms with Gasteiger partial charge in [0.15, 0.2) is 5.78 Å². The summed E-state index contributed by atoms with van der Waals surface area (Å²) in [5, 5.41) is 29.9. The van der Waals surface area contributed by atoms with E-state index < -0.39 is 30.4 Å². The quantitative estimate of drug-likeness (QED) is 0.308. The van der Waals surface area contributed by atoms with Crippen LogP contribution in [0.5, 0.6) is 0 Å². The topological polar surface area (TPSA) is 130 Å². The fraction of sp³-hybridized carbons (Fsp3) is 0.857. The highest BCUT2D eigenvalue weighted by molar-refractivity contribution is 6.05. The van der Waals surface area contributed by atoms with Crippen molar-refractivity contribution in [2.75, 3.05) is 13.7 Å². The first-order valence-corrected chi connectivity index (χ1v) is 16.5. The Kier molecular flexibility index (Phi) is 7.98. The van der Waals surface area contributed by atoms with Crippen LogP contribution < -0.4 is 0 Å². The summed E-state index contributed by atoms with van der Waals surface area (Å²) in [6.07, 6.45) is 3.65. The average molecular weight is 603 g/mol. The standard InChI is InChI=1S/C35H54O8/c1-19(2)26-22(37)17-35(29(39)42-8)16-15-33(6)20(27(26)35)9-10-25-32(5)13-11-21(28(23(38)18-36)43-30(40)41)31(3,4)24(32)12-14-34(25,33)7/h19-21,23-25,28,36,38H,9-18H2,1-8H3,(H,40,41)/t20-,21-,23?,24+,25?,28?,32+,33-,34-,35-/m1/s1. The second kappa shape index (κ2) is 10.6. The lowest BCUT2D eigenvalue weighted by atomic mass is 9.32. The Balaban J connectivity index is 1.54. The molecule has 0 aliphatic heterocycles. The van der Waals surface area contributed by atoms with Gasteiger partial charge in [-0.25, -0.2) is 4.79 Å². The lowest BCUT2D eigenvalue weighted by Gasteiger charge is -2.72. The average Bonchev–Trinajstić information content (AvgIpc) is 3.24. The summed E-state index contributed by atoms with van der Waals surface area (Å²) in [5.74, 6) is 0.584. The van der Waals surface area contributed by atoms with Gasteiger partial charge in [-0.15, -0.1) is 0 Å². The van der Waals surface area contributed by atoms with Gasteiger partial charge in [-0.2, -0.15) is 0 Å². The minimum absolute atomic E-state index is 0.00341. The van der Waals surface area contributed by atoms with Crippen LogP contribution in [0.1, 0.15) is 106 Å². The third-order valence-electron chi connectivity index (χ3n) is 14.3. The molecule has 4 saturated carbocycles. The molecule has 5 aliphatic rings. The molecule has 43 heavy (non-hydrogen) atoms. The molecule has 0 saturated heterocycles. The van der Waals surface area contributed by atoms with Crippen molar-refractivity contribution in [2.24, 2.45) is 56.7 Å². The molecular weight excluding hydrogens is 548 g/mol. The van der Waals surface area contributed by atoms with Gasteiger partial charge in [0, 0.05) is 12.3 Å². The molecule has 10 atom stereocenters. The monoisotopic (exact) mass is 602 g/mol. The van der Waals surface area contributed by atoms with Crippen molar-refractivity contribution in [1.29, 1.82) is 0 Å². The molecule has 3 N–H and O–H groups in total. The highest BCUT2D eigenvalue weighted by atomic mass is 16.7. The van der Waals surface area contributed by atoms with Crippen LogP contribution in [0, 0.1) is 56.7 Å². The fourth-order valence-electron chi connectivity index (χ4n) is 12.3. The van der Waals surface area contributed by atoms with Gasteiger partial charge in [-0.3, -0.25) is 9.59 Å². The first-order chi connectivity index (χ1) is 20.0. The highest BCUT2D eigenvalue weighted by Crippen LogP contribution is 2.77. The van der Waals surface area contributed by atoms with Crippen LogP contribution in [0.15, 0.2) is 11.1 Å². The molecule has 0 heterocycles. The Hall–Kier alpha value is -1.93. The van der Waals surface area contributed by atoms with Gasteiger partial charge < -0.3 is 24.8 Å². The summed E-state index contributed by atoms with van der Waals surface area (Å²) in [5.41, 5.74) is 0.732. The number of carboxylic acid groups (broad SMARTS) is 1. The number of ether oxygens (including phenoxy) is 2. The molecule has 0 radical (unpaired) electrons. The van der Waals surface area contributed by atoms with Gasteiger partial charge in [0.2, 0.25) is 0 Å². The molecule has 0 aromatic carbocycles. The van der Waals surface area contributed by atoms with Crippen molar-refractivity contribution >= 4 is 17.9 Å². The number of methoxy groups -OCH3 is 1. The van der Waals surface area contributed by atoms with E-state index in [1.165, 1.54) is 7.11 Å². The van der Waals surface area contributed by atoms with Gasteiger partial charge >= 0.3 is 12.1 Å². The molecule has 0 spiro atoms. The van der Waals surface area contributed by atoms with Crippen LogP contribution in [-0.4, -0.2) is 59.2 Å². The van der Waals surface area contributed by atoms with Crippen LogP contribution >= 0.6 is 0 Å². The number of carbonyl (C=O) groups excluding carboxylic acids is 2. The van der Waals surface area contributed by atoms with E-state index >= 15 is 0 Å². The van der Waals surface area contributed by atoms with Gasteiger partial charge in [-0.1, -0.05) is 48.5 Å². The summed E-state index contributed by atoms with van der Waals surface area (Å²) < 4.78 is 10.7. The summed E-state index contributed by atoms with van der Waals surface area (Å²) >= 11 is 0. The Bertz CT molecular complexity index is 1200. The number of carbonyl (C=O) groups is 3. The minimum atomic E-state index is -1.43. The predicted molar refractivity (Wildman–Crippen MR) is 161 cm³/mol. The SMILES string of the molecule is COC(=O)[C@@]12CC[C@]3(C)[C@H](CCC4[C@@]5(C)CC[C@H](C(OC(=O)O)C(O)CO)C(C)(C)[C@@H]5CC[C@]43C)C1=C(C(C)C)C(=O)C2. The summed E-state index contributed by atoms with van der Waals surface area (Å²) in [7, 11) is 1.45. The molecule has 8 heteroatoms. The van der Waals surface area contributed by atoms with Crippen LogP contribution in [0.4, 0.5) is 4.79 Å². The number of esters is 1. The Morgan fingerprint density at radius 3 is 2.19 bits per heavy atom. The van der Waals surface area contributed by atoms with E-state index in [9.17, 15) is 29.7 Å². The molecule has 242 valence electrons. The zero-order valence-corrected chi connectivity index (χ0v) is 27.5. The molecular formula is C35H54O8. The number of hydrogen-bond donors (Lipinski definition) is 3. The number of fused-ring (bicyclic) bond motifs is 7. The normalized spacial score (nSPS) is 43.2. The maximum atomic E-state index is 13.5. The number of allylic oxidation sites excluding steroid dienone is 1.